The number of ether oxygens (including phenoxy) is 1. The van der Waals surface area contributed by atoms with Crippen molar-refractivity contribution in [2.45, 2.75) is 53.1 Å². The molecule has 0 aliphatic carbocycles. The number of halogens is 1. The van der Waals surface area contributed by atoms with Crippen LogP contribution in [0.2, 0.25) is 0 Å². The minimum Gasteiger partial charge on any atom is -0.377 e. The molecule has 148 valence electrons. The third-order valence-electron chi connectivity index (χ3n) is 4.84. The lowest BCUT2D eigenvalue weighted by Gasteiger charge is -2.40. The number of nitrogens with one attached hydrogen (secondary N) is 2. The molecule has 1 saturated heterocycles. The first-order chi connectivity index (χ1) is 11.9. The van der Waals surface area contributed by atoms with Gasteiger partial charge in [0.15, 0.2) is 5.96 Å². The number of rotatable bonds is 5. The van der Waals surface area contributed by atoms with E-state index in [1.54, 1.807) is 0 Å². The van der Waals surface area contributed by atoms with Crippen LogP contribution in [0.1, 0.15) is 44.7 Å². The van der Waals surface area contributed by atoms with Crippen LogP contribution >= 0.6 is 24.0 Å². The maximum absolute atomic E-state index is 6.07. The van der Waals surface area contributed by atoms with E-state index in [4.69, 9.17) is 4.74 Å². The highest BCUT2D eigenvalue weighted by molar-refractivity contribution is 14.0. The normalized spacial score (nSPS) is 21.0. The maximum Gasteiger partial charge on any atom is 0.190 e. The number of aliphatic imine (C=N–C) groups is 1. The van der Waals surface area contributed by atoms with Gasteiger partial charge in [0.1, 0.15) is 0 Å². The van der Waals surface area contributed by atoms with Gasteiger partial charge in [0.05, 0.1) is 6.10 Å². The lowest BCUT2D eigenvalue weighted by molar-refractivity contribution is -0.0835. The van der Waals surface area contributed by atoms with Gasteiger partial charge in [-0.05, 0) is 37.2 Å². The van der Waals surface area contributed by atoms with Gasteiger partial charge in [0.2, 0.25) is 0 Å². The second kappa shape index (κ2) is 11.1. The third-order valence-corrected chi connectivity index (χ3v) is 4.84. The van der Waals surface area contributed by atoms with Crippen molar-refractivity contribution in [3.63, 3.8) is 0 Å². The van der Waals surface area contributed by atoms with Gasteiger partial charge in [0, 0.05) is 32.7 Å². The lowest BCUT2D eigenvalue weighted by Crippen LogP contribution is -2.47. The first-order valence-corrected chi connectivity index (χ1v) is 9.52. The second-order valence-corrected chi connectivity index (χ2v) is 8.18. The fourth-order valence-electron chi connectivity index (χ4n) is 3.65. The predicted octanol–water partition coefficient (Wildman–Crippen LogP) is 4.16. The molecule has 2 atom stereocenters. The van der Waals surface area contributed by atoms with E-state index in [1.807, 2.05) is 7.05 Å². The molecule has 0 amide bonds. The quantitative estimate of drug-likeness (QED) is 0.384. The van der Waals surface area contributed by atoms with Gasteiger partial charge in [0.25, 0.3) is 0 Å². The Balaban J connectivity index is 0.00000338. The Kier molecular flexibility index (Phi) is 9.93. The van der Waals surface area contributed by atoms with Crippen molar-refractivity contribution in [3.05, 3.63) is 35.4 Å². The summed E-state index contributed by atoms with van der Waals surface area (Å²) in [5.74, 6) is 1.41. The van der Waals surface area contributed by atoms with Gasteiger partial charge in [-0.3, -0.25) is 4.99 Å². The van der Waals surface area contributed by atoms with Crippen LogP contribution in [0, 0.1) is 18.3 Å². The highest BCUT2D eigenvalue weighted by atomic mass is 127. The number of nitrogens with zero attached hydrogens (tertiary/aromatic N) is 1. The van der Waals surface area contributed by atoms with E-state index in [-0.39, 0.29) is 29.4 Å². The average Bonchev–Trinajstić information content (AvgIpc) is 2.57. The summed E-state index contributed by atoms with van der Waals surface area (Å²) in [6.45, 7) is 11.6. The number of guanidine groups is 1. The van der Waals surface area contributed by atoms with Crippen LogP contribution in [0.15, 0.2) is 29.3 Å². The van der Waals surface area contributed by atoms with E-state index >= 15 is 0 Å². The molecule has 1 aliphatic rings. The van der Waals surface area contributed by atoms with Crippen LogP contribution < -0.4 is 10.6 Å². The van der Waals surface area contributed by atoms with E-state index < -0.39 is 0 Å². The SMILES string of the molecule is CN=C(NCCc1cccc(C)c1)NCC1CCCOC1C(C)(C)C.I. The molecule has 1 aromatic carbocycles. The van der Waals surface area contributed by atoms with Gasteiger partial charge >= 0.3 is 0 Å². The highest BCUT2D eigenvalue weighted by Gasteiger charge is 2.35. The Bertz CT molecular complexity index is 569. The van der Waals surface area contributed by atoms with Crippen LogP contribution in [0.3, 0.4) is 0 Å². The Hall–Kier alpha value is -0.820. The summed E-state index contributed by atoms with van der Waals surface area (Å²) in [4.78, 5) is 4.36. The van der Waals surface area contributed by atoms with Crippen molar-refractivity contribution in [1.82, 2.24) is 10.6 Å². The summed E-state index contributed by atoms with van der Waals surface area (Å²) in [7, 11) is 1.83. The number of hydrogen-bond acceptors (Lipinski definition) is 2. The van der Waals surface area contributed by atoms with Crippen LogP contribution in [0.25, 0.3) is 0 Å². The number of benzene rings is 1. The fraction of sp³-hybridized carbons (Fsp3) is 0.667. The maximum atomic E-state index is 6.07. The second-order valence-electron chi connectivity index (χ2n) is 8.18. The molecule has 1 aromatic rings. The molecule has 1 aliphatic heterocycles. The Morgan fingerprint density at radius 1 is 1.27 bits per heavy atom. The first kappa shape index (κ1) is 23.2. The van der Waals surface area contributed by atoms with E-state index in [0.29, 0.717) is 12.0 Å². The predicted molar refractivity (Wildman–Crippen MR) is 122 cm³/mol. The Morgan fingerprint density at radius 2 is 2.04 bits per heavy atom. The minimum atomic E-state index is 0. The topological polar surface area (TPSA) is 45.7 Å². The van der Waals surface area contributed by atoms with Gasteiger partial charge in [-0.25, -0.2) is 0 Å². The minimum absolute atomic E-state index is 0. The molecule has 2 rings (SSSR count). The van der Waals surface area contributed by atoms with Gasteiger partial charge in [-0.2, -0.15) is 0 Å². The summed E-state index contributed by atoms with van der Waals surface area (Å²) in [5, 5.41) is 6.93. The molecule has 0 radical (unpaired) electrons. The third kappa shape index (κ3) is 7.43. The van der Waals surface area contributed by atoms with Crippen molar-refractivity contribution in [2.24, 2.45) is 16.3 Å². The molecule has 2 unspecified atom stereocenters. The molecule has 5 heteroatoms. The molecule has 0 aromatic heterocycles. The molecule has 0 saturated carbocycles. The molecular weight excluding hydrogens is 437 g/mol. The summed E-state index contributed by atoms with van der Waals surface area (Å²) in [5.41, 5.74) is 2.84. The van der Waals surface area contributed by atoms with Crippen molar-refractivity contribution >= 4 is 29.9 Å². The average molecular weight is 473 g/mol. The van der Waals surface area contributed by atoms with Crippen molar-refractivity contribution in [1.29, 1.82) is 0 Å². The van der Waals surface area contributed by atoms with E-state index in [1.165, 1.54) is 17.5 Å². The van der Waals surface area contributed by atoms with E-state index in [9.17, 15) is 0 Å². The molecule has 2 N–H and O–H groups in total. The molecule has 0 bridgehead atoms. The number of aryl methyl sites for hydroxylation is 1. The van der Waals surface area contributed by atoms with Crippen molar-refractivity contribution in [3.8, 4) is 0 Å². The summed E-state index contributed by atoms with van der Waals surface area (Å²) < 4.78 is 6.07. The fourth-order valence-corrected chi connectivity index (χ4v) is 3.65. The smallest absolute Gasteiger partial charge is 0.190 e. The van der Waals surface area contributed by atoms with Crippen LogP contribution in [-0.4, -0.2) is 38.8 Å². The molecule has 1 heterocycles. The monoisotopic (exact) mass is 473 g/mol. The highest BCUT2D eigenvalue weighted by Crippen LogP contribution is 2.33. The lowest BCUT2D eigenvalue weighted by atomic mass is 9.78. The van der Waals surface area contributed by atoms with Crippen LogP contribution in [-0.2, 0) is 11.2 Å². The standard InChI is InChI=1S/C21H35N3O.HI/c1-16-8-6-9-17(14-16)11-12-23-20(22-5)24-15-18-10-7-13-25-19(18)21(2,3)4;/h6,8-9,14,18-19H,7,10-13,15H2,1-5H3,(H2,22,23,24);1H. The van der Waals surface area contributed by atoms with Gasteiger partial charge < -0.3 is 15.4 Å². The first-order valence-electron chi connectivity index (χ1n) is 9.52. The summed E-state index contributed by atoms with van der Waals surface area (Å²) in [6.07, 6.45) is 3.67. The zero-order valence-electron chi connectivity index (χ0n) is 17.0. The molecule has 4 nitrogen and oxygen atoms in total. The van der Waals surface area contributed by atoms with Gasteiger partial charge in [-0.1, -0.05) is 50.6 Å². The van der Waals surface area contributed by atoms with Gasteiger partial charge in [-0.15, -0.1) is 24.0 Å². The van der Waals surface area contributed by atoms with E-state index in [0.717, 1.165) is 38.5 Å². The molecular formula is C21H36IN3O. The molecule has 1 fully saturated rings. The number of hydrogen-bond donors (Lipinski definition) is 2. The molecule has 26 heavy (non-hydrogen) atoms. The zero-order chi connectivity index (χ0) is 18.3. The summed E-state index contributed by atoms with van der Waals surface area (Å²) in [6, 6.07) is 8.67. The van der Waals surface area contributed by atoms with Crippen molar-refractivity contribution < 1.29 is 4.74 Å². The molecule has 0 spiro atoms. The van der Waals surface area contributed by atoms with Crippen LogP contribution in [0.4, 0.5) is 0 Å². The zero-order valence-corrected chi connectivity index (χ0v) is 19.3. The Labute approximate surface area is 176 Å². The summed E-state index contributed by atoms with van der Waals surface area (Å²) >= 11 is 0. The van der Waals surface area contributed by atoms with Crippen LogP contribution in [0.5, 0.6) is 0 Å². The largest absolute Gasteiger partial charge is 0.377 e. The van der Waals surface area contributed by atoms with Crippen molar-refractivity contribution in [2.75, 3.05) is 26.7 Å². The Morgan fingerprint density at radius 3 is 2.69 bits per heavy atom. The van der Waals surface area contributed by atoms with E-state index in [2.05, 4.69) is 67.6 Å².